The summed E-state index contributed by atoms with van der Waals surface area (Å²) in [6.07, 6.45) is 0. The molecule has 2 N–H and O–H groups in total. The normalized spacial score (nSPS) is 10.9. The predicted octanol–water partition coefficient (Wildman–Crippen LogP) is 3.51. The van der Waals surface area contributed by atoms with Gasteiger partial charge in [0.2, 0.25) is 0 Å². The molecule has 0 radical (unpaired) electrons. The van der Waals surface area contributed by atoms with Crippen molar-refractivity contribution >= 4 is 40.0 Å². The Morgan fingerprint density at radius 1 is 1.14 bits per heavy atom. The van der Waals surface area contributed by atoms with E-state index >= 15 is 0 Å². The first kappa shape index (κ1) is 14.8. The largest absolute Gasteiger partial charge is 0.295 e. The van der Waals surface area contributed by atoms with Gasteiger partial charge >= 0.3 is 0 Å². The maximum Gasteiger partial charge on any atom is 0.295 e. The van der Waals surface area contributed by atoms with E-state index in [2.05, 4.69) is 5.10 Å². The Morgan fingerprint density at radius 3 is 2.50 bits per heavy atom. The Balaban J connectivity index is 2.14. The molecule has 0 bridgehead atoms. The molecule has 0 atom stereocenters. The van der Waals surface area contributed by atoms with Crippen LogP contribution in [0.15, 0.2) is 42.5 Å². The minimum absolute atomic E-state index is 0.140. The molecule has 5 nitrogen and oxygen atoms in total. The zero-order chi connectivity index (χ0) is 15.7. The van der Waals surface area contributed by atoms with Gasteiger partial charge in [-0.15, -0.1) is 0 Å². The molecule has 0 spiro atoms. The van der Waals surface area contributed by atoms with E-state index in [4.69, 9.17) is 28.4 Å². The molecule has 2 aromatic carbocycles. The second-order valence-electron chi connectivity index (χ2n) is 4.66. The molecule has 3 rings (SSSR count). The number of hydrogen-bond donors (Lipinski definition) is 2. The van der Waals surface area contributed by atoms with E-state index in [9.17, 15) is 4.79 Å². The average Bonchev–Trinajstić information content (AvgIpc) is 2.89. The van der Waals surface area contributed by atoms with Crippen LogP contribution in [0.4, 0.5) is 0 Å². The van der Waals surface area contributed by atoms with E-state index in [0.29, 0.717) is 22.0 Å². The highest BCUT2D eigenvalue weighted by atomic mass is 35.5. The third kappa shape index (κ3) is 2.54. The number of aromatic nitrogens is 2. The van der Waals surface area contributed by atoms with Crippen LogP contribution in [0.5, 0.6) is 0 Å². The topological polar surface area (TPSA) is 67.2 Å². The molecule has 22 heavy (non-hydrogen) atoms. The van der Waals surface area contributed by atoms with Gasteiger partial charge in [0.25, 0.3) is 5.91 Å². The highest BCUT2D eigenvalue weighted by molar-refractivity contribution is 6.36. The van der Waals surface area contributed by atoms with E-state index in [0.717, 1.165) is 11.1 Å². The van der Waals surface area contributed by atoms with Crippen LogP contribution in [-0.4, -0.2) is 20.9 Å². The Labute approximate surface area is 136 Å². The number of amides is 1. The molecule has 1 heterocycles. The number of fused-ring (bicyclic) bond motifs is 1. The molecule has 0 unspecified atom stereocenters. The summed E-state index contributed by atoms with van der Waals surface area (Å²) in [4.78, 5) is 11.7. The predicted molar refractivity (Wildman–Crippen MR) is 84.5 cm³/mol. The summed E-state index contributed by atoms with van der Waals surface area (Å²) in [5.74, 6) is -0.666. The second kappa shape index (κ2) is 5.96. The Kier molecular flexibility index (Phi) is 4.02. The van der Waals surface area contributed by atoms with Crippen LogP contribution in [0.25, 0.3) is 10.9 Å². The Hall–Kier alpha value is -2.08. The molecule has 0 aliphatic carbocycles. The molecule has 7 heteroatoms. The highest BCUT2D eigenvalue weighted by Gasteiger charge is 2.17. The van der Waals surface area contributed by atoms with Gasteiger partial charge in [0.1, 0.15) is 0 Å². The zero-order valence-corrected chi connectivity index (χ0v) is 12.8. The molecular formula is C15H11Cl2N3O2. The van der Waals surface area contributed by atoms with Gasteiger partial charge in [0.15, 0.2) is 5.69 Å². The summed E-state index contributed by atoms with van der Waals surface area (Å²) < 4.78 is 1.63. The molecule has 0 aliphatic rings. The summed E-state index contributed by atoms with van der Waals surface area (Å²) in [6.45, 7) is 0.317. The Bertz CT molecular complexity index is 841. The number of hydrogen-bond acceptors (Lipinski definition) is 3. The van der Waals surface area contributed by atoms with E-state index in [1.807, 2.05) is 12.1 Å². The smallest absolute Gasteiger partial charge is 0.288 e. The van der Waals surface area contributed by atoms with Crippen molar-refractivity contribution in [2.45, 2.75) is 6.54 Å². The number of benzene rings is 2. The molecule has 1 amide bonds. The summed E-state index contributed by atoms with van der Waals surface area (Å²) >= 11 is 12.4. The van der Waals surface area contributed by atoms with Crippen LogP contribution in [0.3, 0.4) is 0 Å². The monoisotopic (exact) mass is 335 g/mol. The molecule has 0 saturated heterocycles. The van der Waals surface area contributed by atoms with Crippen LogP contribution in [0, 0.1) is 0 Å². The second-order valence-corrected chi connectivity index (χ2v) is 5.48. The lowest BCUT2D eigenvalue weighted by molar-refractivity contribution is 0.0701. The fraction of sp³-hybridized carbons (Fsp3) is 0.0667. The van der Waals surface area contributed by atoms with Crippen molar-refractivity contribution in [2.75, 3.05) is 0 Å². The molecular weight excluding hydrogens is 325 g/mol. The number of halogens is 2. The first-order chi connectivity index (χ1) is 10.6. The van der Waals surface area contributed by atoms with Crippen molar-refractivity contribution in [1.29, 1.82) is 0 Å². The van der Waals surface area contributed by atoms with Crippen molar-refractivity contribution < 1.29 is 10.0 Å². The van der Waals surface area contributed by atoms with Gasteiger partial charge in [-0.1, -0.05) is 47.5 Å². The van der Waals surface area contributed by atoms with Gasteiger partial charge < -0.3 is 0 Å². The highest BCUT2D eigenvalue weighted by Crippen LogP contribution is 2.27. The number of hydroxylamine groups is 1. The maximum atomic E-state index is 11.7. The third-order valence-corrected chi connectivity index (χ3v) is 4.05. The van der Waals surface area contributed by atoms with Crippen molar-refractivity contribution in [3.8, 4) is 0 Å². The van der Waals surface area contributed by atoms with Gasteiger partial charge in [-0.3, -0.25) is 14.7 Å². The first-order valence-corrected chi connectivity index (χ1v) is 7.20. The zero-order valence-electron chi connectivity index (χ0n) is 11.3. The lowest BCUT2D eigenvalue weighted by Gasteiger charge is -2.08. The maximum absolute atomic E-state index is 11.7. The van der Waals surface area contributed by atoms with E-state index in [1.54, 1.807) is 40.5 Å². The van der Waals surface area contributed by atoms with Crippen molar-refractivity contribution in [3.63, 3.8) is 0 Å². The van der Waals surface area contributed by atoms with Crippen LogP contribution >= 0.6 is 23.2 Å². The summed E-state index contributed by atoms with van der Waals surface area (Å²) in [7, 11) is 0. The van der Waals surface area contributed by atoms with E-state index in [-0.39, 0.29) is 5.69 Å². The number of carbonyl (C=O) groups is 1. The number of para-hydroxylation sites is 1. The van der Waals surface area contributed by atoms with Gasteiger partial charge in [-0.2, -0.15) is 5.10 Å². The average molecular weight is 336 g/mol. The van der Waals surface area contributed by atoms with Crippen LogP contribution in [0.1, 0.15) is 16.1 Å². The van der Waals surface area contributed by atoms with Gasteiger partial charge in [0, 0.05) is 21.0 Å². The quantitative estimate of drug-likeness (QED) is 0.568. The summed E-state index contributed by atoms with van der Waals surface area (Å²) in [5, 5.41) is 14.8. The SMILES string of the molecule is O=C(NO)c1nn(Cc2c(Cl)cccc2Cl)c2ccccc12. The number of rotatable bonds is 3. The van der Waals surface area contributed by atoms with Crippen molar-refractivity contribution in [3.05, 3.63) is 63.8 Å². The number of nitrogens with one attached hydrogen (secondary N) is 1. The fourth-order valence-electron chi connectivity index (χ4n) is 2.30. The molecule has 0 saturated carbocycles. The number of carbonyl (C=O) groups excluding carboxylic acids is 1. The Morgan fingerprint density at radius 2 is 1.82 bits per heavy atom. The van der Waals surface area contributed by atoms with Gasteiger partial charge in [-0.05, 0) is 18.2 Å². The molecule has 0 aliphatic heterocycles. The van der Waals surface area contributed by atoms with Gasteiger partial charge in [-0.25, -0.2) is 5.48 Å². The van der Waals surface area contributed by atoms with E-state index in [1.165, 1.54) is 0 Å². The minimum Gasteiger partial charge on any atom is -0.288 e. The molecule has 112 valence electrons. The summed E-state index contributed by atoms with van der Waals surface area (Å²) in [6, 6.07) is 12.5. The fourth-order valence-corrected chi connectivity index (χ4v) is 2.82. The third-order valence-electron chi connectivity index (χ3n) is 3.34. The molecule has 3 aromatic rings. The van der Waals surface area contributed by atoms with Crippen LogP contribution < -0.4 is 5.48 Å². The lowest BCUT2D eigenvalue weighted by Crippen LogP contribution is -2.19. The van der Waals surface area contributed by atoms with Crippen molar-refractivity contribution in [1.82, 2.24) is 15.3 Å². The number of nitrogens with zero attached hydrogens (tertiary/aromatic N) is 2. The summed E-state index contributed by atoms with van der Waals surface area (Å²) in [5.41, 5.74) is 3.21. The minimum atomic E-state index is -0.666. The van der Waals surface area contributed by atoms with E-state index < -0.39 is 5.91 Å². The lowest BCUT2D eigenvalue weighted by atomic mass is 10.2. The van der Waals surface area contributed by atoms with Crippen LogP contribution in [0.2, 0.25) is 10.0 Å². The molecule has 1 aromatic heterocycles. The molecule has 0 fully saturated rings. The first-order valence-electron chi connectivity index (χ1n) is 6.44. The van der Waals surface area contributed by atoms with Crippen molar-refractivity contribution in [2.24, 2.45) is 0 Å². The standard InChI is InChI=1S/C15H11Cl2N3O2/c16-11-5-3-6-12(17)10(11)8-20-13-7-2-1-4-9(13)14(18-20)15(21)19-22/h1-7,22H,8H2,(H,19,21). The van der Waals surface area contributed by atoms with Gasteiger partial charge in [0.05, 0.1) is 12.1 Å². The van der Waals surface area contributed by atoms with Crippen LogP contribution in [-0.2, 0) is 6.54 Å².